The summed E-state index contributed by atoms with van der Waals surface area (Å²) >= 11 is 4.63. The molecule has 1 rings (SSSR count). The Balaban J connectivity index is 2.84. The van der Waals surface area contributed by atoms with Crippen molar-refractivity contribution in [3.8, 4) is 0 Å². The molecule has 0 saturated heterocycles. The average molecular weight is 152 g/mol. The van der Waals surface area contributed by atoms with Crippen molar-refractivity contribution in [1.82, 2.24) is 0 Å². The third kappa shape index (κ3) is 1.52. The maximum absolute atomic E-state index is 5.47. The van der Waals surface area contributed by atoms with Gasteiger partial charge in [-0.2, -0.15) is 0 Å². The van der Waals surface area contributed by atoms with Crippen LogP contribution in [0.25, 0.3) is 0 Å². The summed E-state index contributed by atoms with van der Waals surface area (Å²) in [5.74, 6) is 5.47. The van der Waals surface area contributed by atoms with E-state index in [4.69, 9.17) is 5.84 Å². The molecule has 10 heavy (non-hydrogen) atoms. The van der Waals surface area contributed by atoms with E-state index < -0.39 is 0 Å². The van der Waals surface area contributed by atoms with E-state index in [0.717, 1.165) is 5.69 Å². The molecule has 1 aromatic rings. The number of anilines is 1. The molecule has 2 nitrogen and oxygen atoms in total. The van der Waals surface area contributed by atoms with Gasteiger partial charge >= 0.3 is 0 Å². The highest BCUT2D eigenvalue weighted by Gasteiger charge is 1.92. The summed E-state index contributed by atoms with van der Waals surface area (Å²) in [7, 11) is 0. The number of hydrogen-bond acceptors (Lipinski definition) is 2. The molecule has 1 aromatic carbocycles. The predicted octanol–water partition coefficient (Wildman–Crippen LogP) is 1.32. The van der Waals surface area contributed by atoms with Gasteiger partial charge in [-0.05, 0) is 12.1 Å². The van der Waals surface area contributed by atoms with Crippen LogP contribution in [0.5, 0.6) is 0 Å². The smallest absolute Gasteiger partial charge is 0.0843 e. The maximum Gasteiger partial charge on any atom is 0.0843 e. The second kappa shape index (κ2) is 3.29. The van der Waals surface area contributed by atoms with Gasteiger partial charge in [-0.15, -0.1) is 0 Å². The Bertz CT molecular complexity index is 210. The lowest BCUT2D eigenvalue weighted by molar-refractivity contribution is 1.17. The van der Waals surface area contributed by atoms with Crippen LogP contribution >= 0.6 is 12.2 Å². The minimum absolute atomic E-state index is 0.900. The Morgan fingerprint density at radius 3 is 2.40 bits per heavy atom. The first-order valence-electron chi connectivity index (χ1n) is 2.89. The molecule has 0 fully saturated rings. The van der Waals surface area contributed by atoms with E-state index in [1.165, 1.54) is 10.5 Å². The van der Waals surface area contributed by atoms with Crippen molar-refractivity contribution in [2.24, 2.45) is 5.84 Å². The molecule has 0 saturated carbocycles. The van der Waals surface area contributed by atoms with Gasteiger partial charge in [0.25, 0.3) is 0 Å². The molecule has 52 valence electrons. The van der Waals surface area contributed by atoms with E-state index in [9.17, 15) is 0 Å². The molecule has 0 heterocycles. The number of nitrogens with zero attached hydrogens (tertiary/aromatic N) is 1. The molecule has 3 heteroatoms. The van der Waals surface area contributed by atoms with E-state index in [1.807, 2.05) is 30.3 Å². The summed E-state index contributed by atoms with van der Waals surface area (Å²) in [5, 5.41) is 1.40. The topological polar surface area (TPSA) is 29.3 Å². The molecule has 0 unspecified atom stereocenters. The zero-order valence-corrected chi connectivity index (χ0v) is 6.21. The van der Waals surface area contributed by atoms with Gasteiger partial charge in [-0.3, -0.25) is 5.01 Å². The Kier molecular flexibility index (Phi) is 2.36. The van der Waals surface area contributed by atoms with Gasteiger partial charge in [0, 0.05) is 0 Å². The van der Waals surface area contributed by atoms with E-state index in [1.54, 1.807) is 0 Å². The lowest BCUT2D eigenvalue weighted by Crippen LogP contribution is -2.27. The van der Waals surface area contributed by atoms with Crippen LogP contribution in [-0.2, 0) is 0 Å². The van der Waals surface area contributed by atoms with Crippen molar-refractivity contribution >= 4 is 23.4 Å². The van der Waals surface area contributed by atoms with Crippen LogP contribution in [-0.4, -0.2) is 5.49 Å². The van der Waals surface area contributed by atoms with Crippen molar-refractivity contribution in [3.63, 3.8) is 0 Å². The highest BCUT2D eigenvalue weighted by molar-refractivity contribution is 7.79. The van der Waals surface area contributed by atoms with E-state index >= 15 is 0 Å². The zero-order valence-electron chi connectivity index (χ0n) is 5.40. The van der Waals surface area contributed by atoms with Crippen LogP contribution in [0.15, 0.2) is 30.3 Å². The lowest BCUT2D eigenvalue weighted by atomic mass is 10.3. The van der Waals surface area contributed by atoms with Gasteiger partial charge in [-0.25, -0.2) is 5.84 Å². The predicted molar refractivity (Wildman–Crippen MR) is 46.8 cm³/mol. The van der Waals surface area contributed by atoms with Crippen LogP contribution in [0.3, 0.4) is 0 Å². The Hall–Kier alpha value is -0.930. The Morgan fingerprint density at radius 1 is 1.30 bits per heavy atom. The number of para-hydroxylation sites is 1. The van der Waals surface area contributed by atoms with E-state index in [2.05, 4.69) is 12.2 Å². The molecule has 0 radical (unpaired) electrons. The average Bonchev–Trinajstić information content (AvgIpc) is 2.05. The summed E-state index contributed by atoms with van der Waals surface area (Å²) in [6, 6.07) is 9.54. The molecule has 0 aromatic heterocycles. The van der Waals surface area contributed by atoms with Crippen LogP contribution < -0.4 is 10.9 Å². The maximum atomic E-state index is 5.47. The number of rotatable bonds is 2. The monoisotopic (exact) mass is 152 g/mol. The second-order valence-corrected chi connectivity index (χ2v) is 2.06. The number of thiocarbonyl (C=S) groups is 1. The Morgan fingerprint density at radius 2 is 1.90 bits per heavy atom. The second-order valence-electron chi connectivity index (χ2n) is 1.85. The third-order valence-electron chi connectivity index (χ3n) is 1.17. The van der Waals surface area contributed by atoms with E-state index in [0.29, 0.717) is 0 Å². The largest absolute Gasteiger partial charge is 0.276 e. The van der Waals surface area contributed by atoms with Gasteiger partial charge in [0.15, 0.2) is 0 Å². The molecular formula is C7H8N2S. The van der Waals surface area contributed by atoms with Crippen molar-refractivity contribution in [2.45, 2.75) is 0 Å². The number of hydrogen-bond donors (Lipinski definition) is 1. The van der Waals surface area contributed by atoms with Gasteiger partial charge in [-0.1, -0.05) is 30.4 Å². The van der Waals surface area contributed by atoms with Gasteiger partial charge in [0.05, 0.1) is 11.2 Å². The highest BCUT2D eigenvalue weighted by atomic mass is 32.1. The highest BCUT2D eigenvalue weighted by Crippen LogP contribution is 2.06. The SMILES string of the molecule is NN(C=S)c1ccccc1. The Labute approximate surface area is 65.2 Å². The normalized spacial score (nSPS) is 8.90. The van der Waals surface area contributed by atoms with E-state index in [-0.39, 0.29) is 0 Å². The number of benzene rings is 1. The molecular weight excluding hydrogens is 144 g/mol. The number of nitrogens with two attached hydrogens (primary N) is 1. The van der Waals surface area contributed by atoms with Gasteiger partial charge in [0.1, 0.15) is 0 Å². The minimum atomic E-state index is 0.900. The molecule has 0 spiro atoms. The fourth-order valence-corrected chi connectivity index (χ4v) is 0.783. The summed E-state index contributed by atoms with van der Waals surface area (Å²) < 4.78 is 0. The fourth-order valence-electron chi connectivity index (χ4n) is 0.661. The van der Waals surface area contributed by atoms with Crippen molar-refractivity contribution in [3.05, 3.63) is 30.3 Å². The first-order chi connectivity index (χ1) is 4.84. The molecule has 0 aliphatic rings. The van der Waals surface area contributed by atoms with Crippen LogP contribution in [0.1, 0.15) is 0 Å². The minimum Gasteiger partial charge on any atom is -0.276 e. The van der Waals surface area contributed by atoms with Crippen molar-refractivity contribution in [1.29, 1.82) is 0 Å². The molecule has 0 aliphatic heterocycles. The molecule has 2 N–H and O–H groups in total. The summed E-state index contributed by atoms with van der Waals surface area (Å²) in [6.07, 6.45) is 0. The molecule has 0 aliphatic carbocycles. The third-order valence-corrected chi connectivity index (χ3v) is 1.40. The van der Waals surface area contributed by atoms with Crippen LogP contribution in [0, 0.1) is 0 Å². The van der Waals surface area contributed by atoms with Crippen LogP contribution in [0.4, 0.5) is 5.69 Å². The summed E-state index contributed by atoms with van der Waals surface area (Å²) in [5.41, 5.74) is 2.30. The zero-order chi connectivity index (χ0) is 7.40. The summed E-state index contributed by atoms with van der Waals surface area (Å²) in [6.45, 7) is 0. The van der Waals surface area contributed by atoms with Crippen molar-refractivity contribution in [2.75, 3.05) is 5.01 Å². The fraction of sp³-hybridized carbons (Fsp3) is 0. The quantitative estimate of drug-likeness (QED) is 0.394. The standard InChI is InChI=1S/C7H8N2S/c8-9(6-10)7-4-2-1-3-5-7/h1-6H,8H2. The molecule has 0 bridgehead atoms. The summed E-state index contributed by atoms with van der Waals surface area (Å²) in [4.78, 5) is 0. The molecule has 0 atom stereocenters. The van der Waals surface area contributed by atoms with Crippen molar-refractivity contribution < 1.29 is 0 Å². The van der Waals surface area contributed by atoms with Crippen LogP contribution in [0.2, 0.25) is 0 Å². The van der Waals surface area contributed by atoms with Gasteiger partial charge in [0.2, 0.25) is 0 Å². The first kappa shape index (κ1) is 7.18. The lowest BCUT2D eigenvalue weighted by Gasteiger charge is -2.10. The number of hydrazine groups is 1. The molecule has 0 amide bonds. The van der Waals surface area contributed by atoms with Gasteiger partial charge < -0.3 is 0 Å². The first-order valence-corrected chi connectivity index (χ1v) is 3.36.